The van der Waals surface area contributed by atoms with Crippen molar-refractivity contribution in [2.24, 2.45) is 0 Å². The Balaban J connectivity index is 2.47. The van der Waals surface area contributed by atoms with E-state index in [1.54, 1.807) is 32.9 Å². The fraction of sp³-hybridized carbons (Fsp3) is 0.684. The van der Waals surface area contributed by atoms with Crippen LogP contribution in [0.2, 0.25) is 0 Å². The molecule has 11 nitrogen and oxygen atoms in total. The van der Waals surface area contributed by atoms with Gasteiger partial charge in [0.05, 0.1) is 5.56 Å². The second-order valence-corrected chi connectivity index (χ2v) is 14.4. The van der Waals surface area contributed by atoms with Crippen molar-refractivity contribution < 1.29 is 43.1 Å². The zero-order chi connectivity index (χ0) is 36.9. The maximum Gasteiger partial charge on any atom is 0.363 e. The minimum absolute atomic E-state index is 0.0275. The molecule has 0 aliphatic heterocycles. The Kier molecular flexibility index (Phi) is 20.1. The molecule has 276 valence electrons. The molecule has 0 N–H and O–H groups in total. The molecule has 0 aromatic heterocycles. The number of aldehydes is 1. The van der Waals surface area contributed by atoms with Gasteiger partial charge in [0.15, 0.2) is 0 Å². The quantitative estimate of drug-likeness (QED) is 0.0520. The lowest BCUT2D eigenvalue weighted by Gasteiger charge is -2.25. The van der Waals surface area contributed by atoms with Crippen LogP contribution in [0.25, 0.3) is 0 Å². The molecule has 0 aliphatic rings. The molecule has 1 aromatic carbocycles. The van der Waals surface area contributed by atoms with E-state index in [1.807, 2.05) is 20.8 Å². The summed E-state index contributed by atoms with van der Waals surface area (Å²) in [5, 5.41) is 0.791. The fourth-order valence-electron chi connectivity index (χ4n) is 5.01. The highest BCUT2D eigenvalue weighted by Gasteiger charge is 2.24. The zero-order valence-electron chi connectivity index (χ0n) is 31.0. The second kappa shape index (κ2) is 22.8. The Bertz CT molecular complexity index is 1180. The first-order valence-electron chi connectivity index (χ1n) is 17.8. The summed E-state index contributed by atoms with van der Waals surface area (Å²) < 4.78 is 10.8. The normalized spacial score (nSPS) is 11.4. The number of hydrogen-bond acceptors (Lipinski definition) is 9. The summed E-state index contributed by atoms with van der Waals surface area (Å²) in [6, 6.07) is 6.03. The lowest BCUT2D eigenvalue weighted by Crippen LogP contribution is -2.38. The van der Waals surface area contributed by atoms with Gasteiger partial charge in [-0.3, -0.25) is 19.2 Å². The fourth-order valence-corrected chi connectivity index (χ4v) is 5.01. The Hall–Kier alpha value is -3.76. The van der Waals surface area contributed by atoms with Crippen LogP contribution in [0.15, 0.2) is 24.3 Å². The first kappa shape index (κ1) is 43.3. The lowest BCUT2D eigenvalue weighted by molar-refractivity contribution is -0.161. The maximum absolute atomic E-state index is 13.3. The first-order chi connectivity index (χ1) is 23.0. The largest absolute Gasteiger partial charge is 0.460 e. The van der Waals surface area contributed by atoms with Gasteiger partial charge in [-0.05, 0) is 78.6 Å². The number of esters is 2. The van der Waals surface area contributed by atoms with Gasteiger partial charge >= 0.3 is 17.9 Å². The van der Waals surface area contributed by atoms with E-state index >= 15 is 0 Å². The van der Waals surface area contributed by atoms with E-state index in [9.17, 15) is 28.8 Å². The predicted octanol–water partition coefficient (Wildman–Crippen LogP) is 7.67. The summed E-state index contributed by atoms with van der Waals surface area (Å²) in [5.41, 5.74) is -0.541. The van der Waals surface area contributed by atoms with Gasteiger partial charge in [-0.15, -0.1) is 0 Å². The molecule has 11 heteroatoms. The molecule has 0 heterocycles. The third-order valence-electron chi connectivity index (χ3n) is 7.41. The second-order valence-electron chi connectivity index (χ2n) is 14.4. The number of benzene rings is 1. The third-order valence-corrected chi connectivity index (χ3v) is 7.41. The average molecular weight is 689 g/mol. The number of carbonyl (C=O) groups is 6. The third kappa shape index (κ3) is 21.0. The highest BCUT2D eigenvalue weighted by Crippen LogP contribution is 2.20. The molecule has 0 fully saturated rings. The molecule has 0 bridgehead atoms. The lowest BCUT2D eigenvalue weighted by atomic mass is 10.0. The van der Waals surface area contributed by atoms with E-state index in [2.05, 4.69) is 0 Å². The Morgan fingerprint density at radius 1 is 0.612 bits per heavy atom. The Labute approximate surface area is 293 Å². The van der Waals surface area contributed by atoms with Crippen molar-refractivity contribution >= 4 is 41.7 Å². The van der Waals surface area contributed by atoms with E-state index in [1.165, 1.54) is 49.8 Å². The molecule has 1 rings (SSSR count). The van der Waals surface area contributed by atoms with Crippen molar-refractivity contribution in [3.05, 3.63) is 29.8 Å². The maximum atomic E-state index is 13.3. The molecule has 0 atom stereocenters. The molecule has 0 radical (unpaired) electrons. The van der Waals surface area contributed by atoms with Gasteiger partial charge < -0.3 is 24.0 Å². The Morgan fingerprint density at radius 2 is 1.06 bits per heavy atom. The summed E-state index contributed by atoms with van der Waals surface area (Å²) in [4.78, 5) is 79.2. The predicted molar refractivity (Wildman–Crippen MR) is 189 cm³/mol. The van der Waals surface area contributed by atoms with Crippen LogP contribution in [-0.4, -0.2) is 65.9 Å². The number of hydrogen-bond donors (Lipinski definition) is 0. The molecular formula is C38H60N2O9. The van der Waals surface area contributed by atoms with Crippen molar-refractivity contribution in [2.45, 2.75) is 155 Å². The van der Waals surface area contributed by atoms with Gasteiger partial charge in [-0.2, -0.15) is 5.06 Å². The summed E-state index contributed by atoms with van der Waals surface area (Å²) in [6.45, 7) is 10.7. The number of hydroxylamine groups is 2. The van der Waals surface area contributed by atoms with E-state index in [-0.39, 0.29) is 43.2 Å². The molecule has 0 saturated heterocycles. The summed E-state index contributed by atoms with van der Waals surface area (Å²) in [7, 11) is 1.29. The van der Waals surface area contributed by atoms with E-state index in [0.717, 1.165) is 50.0 Å². The number of rotatable bonds is 22. The van der Waals surface area contributed by atoms with Crippen LogP contribution in [0.4, 0.5) is 5.69 Å². The number of unbranched alkanes of at least 4 members (excludes halogenated alkanes) is 11. The summed E-state index contributed by atoms with van der Waals surface area (Å²) in [6.07, 6.45) is 14.1. The van der Waals surface area contributed by atoms with Gasteiger partial charge in [0.1, 0.15) is 24.0 Å². The topological polar surface area (TPSA) is 137 Å². The van der Waals surface area contributed by atoms with Crippen molar-refractivity contribution in [2.75, 3.05) is 18.5 Å². The summed E-state index contributed by atoms with van der Waals surface area (Å²) in [5.74, 6) is -2.15. The number of ether oxygens (including phenoxy) is 2. The molecule has 0 spiro atoms. The van der Waals surface area contributed by atoms with Crippen molar-refractivity contribution in [1.82, 2.24) is 5.06 Å². The minimum Gasteiger partial charge on any atom is -0.460 e. The number of carbonyl (C=O) groups excluding carboxylic acids is 6. The molecule has 0 aliphatic carbocycles. The van der Waals surface area contributed by atoms with Crippen LogP contribution in [0.3, 0.4) is 0 Å². The monoisotopic (exact) mass is 688 g/mol. The van der Waals surface area contributed by atoms with Crippen LogP contribution in [0.5, 0.6) is 0 Å². The van der Waals surface area contributed by atoms with E-state index in [4.69, 9.17) is 14.3 Å². The van der Waals surface area contributed by atoms with Gasteiger partial charge in [-0.25, -0.2) is 4.79 Å². The first-order valence-corrected chi connectivity index (χ1v) is 17.8. The van der Waals surface area contributed by atoms with Crippen LogP contribution >= 0.6 is 0 Å². The van der Waals surface area contributed by atoms with Gasteiger partial charge in [-0.1, -0.05) is 64.2 Å². The average Bonchev–Trinajstić information content (AvgIpc) is 3.00. The SMILES string of the molecule is CN(OC(=O)c1ccc(N(CC(=O)OC(C)(C)C)C(=O)CCCCCCCCCCCCCCC(=O)OC(C)(C)C)cc1)C(=O)CCC=O. The molecular weight excluding hydrogens is 628 g/mol. The van der Waals surface area contributed by atoms with Crippen molar-refractivity contribution in [3.63, 3.8) is 0 Å². The number of amides is 2. The van der Waals surface area contributed by atoms with Gasteiger partial charge in [0, 0.05) is 38.4 Å². The number of anilines is 1. The van der Waals surface area contributed by atoms with Gasteiger partial charge in [0.25, 0.3) is 5.91 Å². The zero-order valence-corrected chi connectivity index (χ0v) is 31.0. The highest BCUT2D eigenvalue weighted by molar-refractivity contribution is 5.98. The molecule has 0 saturated carbocycles. The highest BCUT2D eigenvalue weighted by atomic mass is 16.7. The number of nitrogens with zero attached hydrogens (tertiary/aromatic N) is 2. The van der Waals surface area contributed by atoms with Gasteiger partial charge in [0.2, 0.25) is 5.91 Å². The van der Waals surface area contributed by atoms with E-state index < -0.39 is 29.0 Å². The van der Waals surface area contributed by atoms with Crippen LogP contribution in [0.1, 0.15) is 155 Å². The smallest absolute Gasteiger partial charge is 0.363 e. The standard InChI is InChI=1S/C38H60N2O9/c1-37(2,3)47-34(44)23-19-17-15-13-11-9-8-10-12-14-16-18-21-33(43)40(29-35(45)48-38(4,5)6)31-26-24-30(25-27-31)36(46)49-39(7)32(42)22-20-28-41/h24-28H,8-23,29H2,1-7H3. The van der Waals surface area contributed by atoms with Crippen LogP contribution < -0.4 is 4.90 Å². The Morgan fingerprint density at radius 3 is 1.53 bits per heavy atom. The van der Waals surface area contributed by atoms with Crippen molar-refractivity contribution in [1.29, 1.82) is 0 Å². The molecule has 2 amide bonds. The summed E-state index contributed by atoms with van der Waals surface area (Å²) >= 11 is 0. The molecule has 1 aromatic rings. The molecule has 49 heavy (non-hydrogen) atoms. The molecule has 0 unspecified atom stereocenters. The van der Waals surface area contributed by atoms with Crippen molar-refractivity contribution in [3.8, 4) is 0 Å². The minimum atomic E-state index is -0.773. The van der Waals surface area contributed by atoms with Crippen LogP contribution in [-0.2, 0) is 38.3 Å². The van der Waals surface area contributed by atoms with Crippen LogP contribution in [0, 0.1) is 0 Å². The van der Waals surface area contributed by atoms with E-state index in [0.29, 0.717) is 24.8 Å².